The van der Waals surface area contributed by atoms with E-state index in [0.717, 1.165) is 24.4 Å². The largest absolute Gasteiger partial charge is 0.369 e. The van der Waals surface area contributed by atoms with Crippen LogP contribution in [0.1, 0.15) is 12.8 Å². The molecular formula is C15H21ClFN3OS. The number of nitrogens with one attached hydrogen (secondary N) is 1. The Balaban J connectivity index is 1.87. The maximum absolute atomic E-state index is 13.5. The summed E-state index contributed by atoms with van der Waals surface area (Å²) >= 11 is 7.37. The number of nitrogens with two attached hydrogens (primary N) is 1. The Morgan fingerprint density at radius 3 is 3.09 bits per heavy atom. The summed E-state index contributed by atoms with van der Waals surface area (Å²) in [6.45, 7) is 1.42. The number of amides is 1. The number of benzene rings is 1. The van der Waals surface area contributed by atoms with E-state index in [1.807, 2.05) is 11.2 Å². The van der Waals surface area contributed by atoms with Gasteiger partial charge in [-0.2, -0.15) is 11.8 Å². The molecule has 2 unspecified atom stereocenters. The van der Waals surface area contributed by atoms with Gasteiger partial charge in [0.1, 0.15) is 5.82 Å². The highest BCUT2D eigenvalue weighted by Crippen LogP contribution is 2.25. The summed E-state index contributed by atoms with van der Waals surface area (Å²) in [6, 6.07) is 4.36. The highest BCUT2D eigenvalue weighted by molar-refractivity contribution is 7.98. The Morgan fingerprint density at radius 1 is 1.64 bits per heavy atom. The molecule has 1 aromatic rings. The van der Waals surface area contributed by atoms with Gasteiger partial charge >= 0.3 is 0 Å². The van der Waals surface area contributed by atoms with Crippen LogP contribution in [0.15, 0.2) is 18.2 Å². The quantitative estimate of drug-likeness (QED) is 0.830. The summed E-state index contributed by atoms with van der Waals surface area (Å²) in [5, 5.41) is 3.10. The van der Waals surface area contributed by atoms with E-state index < -0.39 is 11.9 Å². The van der Waals surface area contributed by atoms with Gasteiger partial charge in [-0.25, -0.2) is 4.39 Å². The van der Waals surface area contributed by atoms with Gasteiger partial charge in [0.2, 0.25) is 5.91 Å². The van der Waals surface area contributed by atoms with Crippen molar-refractivity contribution < 1.29 is 9.18 Å². The van der Waals surface area contributed by atoms with Gasteiger partial charge in [0, 0.05) is 24.8 Å². The lowest BCUT2D eigenvalue weighted by Gasteiger charge is -2.20. The SMILES string of the molecule is CSCCC(N)C(=O)NC1CCN(c2ccc(Cl)c(F)c2)C1. The van der Waals surface area contributed by atoms with Crippen LogP contribution in [0.4, 0.5) is 10.1 Å². The van der Waals surface area contributed by atoms with Crippen LogP contribution in [0.5, 0.6) is 0 Å². The molecule has 1 amide bonds. The lowest BCUT2D eigenvalue weighted by molar-refractivity contribution is -0.122. The zero-order valence-electron chi connectivity index (χ0n) is 12.5. The van der Waals surface area contributed by atoms with Crippen LogP contribution in [-0.2, 0) is 4.79 Å². The molecular weight excluding hydrogens is 325 g/mol. The van der Waals surface area contributed by atoms with Crippen molar-refractivity contribution in [3.05, 3.63) is 29.0 Å². The minimum absolute atomic E-state index is 0.0477. The van der Waals surface area contributed by atoms with Crippen LogP contribution < -0.4 is 16.0 Å². The molecule has 2 rings (SSSR count). The van der Waals surface area contributed by atoms with Crippen LogP contribution in [0.2, 0.25) is 5.02 Å². The number of nitrogens with zero attached hydrogens (tertiary/aromatic N) is 1. The molecule has 22 heavy (non-hydrogen) atoms. The van der Waals surface area contributed by atoms with Gasteiger partial charge in [0.25, 0.3) is 0 Å². The zero-order chi connectivity index (χ0) is 16.1. The Hall–Kier alpha value is -0.980. The Bertz CT molecular complexity index is 532. The lowest BCUT2D eigenvalue weighted by atomic mass is 10.2. The molecule has 1 aromatic carbocycles. The molecule has 122 valence electrons. The molecule has 0 aromatic heterocycles. The van der Waals surface area contributed by atoms with Gasteiger partial charge in [-0.3, -0.25) is 4.79 Å². The number of carbonyl (C=O) groups excluding carboxylic acids is 1. The molecule has 2 atom stereocenters. The van der Waals surface area contributed by atoms with E-state index in [1.54, 1.807) is 23.9 Å². The number of carbonyl (C=O) groups is 1. The maximum Gasteiger partial charge on any atom is 0.237 e. The van der Waals surface area contributed by atoms with Crippen molar-refractivity contribution in [3.63, 3.8) is 0 Å². The third-order valence-corrected chi connectivity index (χ3v) is 4.72. The lowest BCUT2D eigenvalue weighted by Crippen LogP contribution is -2.46. The van der Waals surface area contributed by atoms with E-state index in [9.17, 15) is 9.18 Å². The number of hydrogen-bond acceptors (Lipinski definition) is 4. The summed E-state index contributed by atoms with van der Waals surface area (Å²) in [4.78, 5) is 14.0. The fourth-order valence-corrected chi connectivity index (χ4v) is 3.09. The summed E-state index contributed by atoms with van der Waals surface area (Å²) < 4.78 is 13.5. The minimum atomic E-state index is -0.463. The molecule has 1 heterocycles. The van der Waals surface area contributed by atoms with Crippen LogP contribution in [0.25, 0.3) is 0 Å². The van der Waals surface area contributed by atoms with Crippen molar-refractivity contribution in [2.45, 2.75) is 24.9 Å². The highest BCUT2D eigenvalue weighted by atomic mass is 35.5. The van der Waals surface area contributed by atoms with Gasteiger partial charge < -0.3 is 16.0 Å². The van der Waals surface area contributed by atoms with Crippen LogP contribution in [0, 0.1) is 5.82 Å². The van der Waals surface area contributed by atoms with Crippen molar-refractivity contribution in [1.82, 2.24) is 5.32 Å². The van der Waals surface area contributed by atoms with E-state index in [0.29, 0.717) is 13.0 Å². The second kappa shape index (κ2) is 8.04. The maximum atomic E-state index is 13.5. The monoisotopic (exact) mass is 345 g/mol. The molecule has 7 heteroatoms. The first kappa shape index (κ1) is 17.4. The first-order chi connectivity index (χ1) is 10.5. The van der Waals surface area contributed by atoms with E-state index in [4.69, 9.17) is 17.3 Å². The zero-order valence-corrected chi connectivity index (χ0v) is 14.1. The fraction of sp³-hybridized carbons (Fsp3) is 0.533. The van der Waals surface area contributed by atoms with E-state index >= 15 is 0 Å². The first-order valence-electron chi connectivity index (χ1n) is 7.26. The number of halogens is 2. The number of anilines is 1. The second-order valence-corrected chi connectivity index (χ2v) is 6.82. The number of rotatable bonds is 6. The third kappa shape index (κ3) is 4.51. The van der Waals surface area contributed by atoms with Gasteiger partial charge in [0.15, 0.2) is 0 Å². The topological polar surface area (TPSA) is 58.4 Å². The fourth-order valence-electron chi connectivity index (χ4n) is 2.48. The van der Waals surface area contributed by atoms with Crippen molar-refractivity contribution in [2.24, 2.45) is 5.73 Å². The van der Waals surface area contributed by atoms with Gasteiger partial charge in [-0.15, -0.1) is 0 Å². The highest BCUT2D eigenvalue weighted by Gasteiger charge is 2.26. The van der Waals surface area contributed by atoms with Crippen LogP contribution in [-0.4, -0.2) is 43.1 Å². The number of thioether (sulfide) groups is 1. The standard InChI is InChI=1S/C15H21ClFN3OS/c1-22-7-5-14(18)15(21)19-10-4-6-20(9-10)11-2-3-12(16)13(17)8-11/h2-3,8,10,14H,4-7,9,18H2,1H3,(H,19,21). The molecule has 1 fully saturated rings. The molecule has 0 radical (unpaired) electrons. The molecule has 4 nitrogen and oxygen atoms in total. The summed E-state index contributed by atoms with van der Waals surface area (Å²) in [5.74, 6) is 0.337. The van der Waals surface area contributed by atoms with Crippen molar-refractivity contribution in [3.8, 4) is 0 Å². The predicted molar refractivity (Wildman–Crippen MR) is 91.1 cm³/mol. The molecule has 1 saturated heterocycles. The van der Waals surface area contributed by atoms with Crippen molar-refractivity contribution in [1.29, 1.82) is 0 Å². The molecule has 0 saturated carbocycles. The summed E-state index contributed by atoms with van der Waals surface area (Å²) in [5.41, 5.74) is 6.64. The van der Waals surface area contributed by atoms with E-state index in [-0.39, 0.29) is 17.0 Å². The molecule has 1 aliphatic rings. The Kier molecular flexibility index (Phi) is 6.35. The third-order valence-electron chi connectivity index (χ3n) is 3.77. The van der Waals surface area contributed by atoms with E-state index in [2.05, 4.69) is 5.32 Å². The molecule has 0 spiro atoms. The summed E-state index contributed by atoms with van der Waals surface area (Å²) in [6.07, 6.45) is 3.49. The second-order valence-electron chi connectivity index (χ2n) is 5.43. The molecule has 0 aliphatic carbocycles. The smallest absolute Gasteiger partial charge is 0.237 e. The number of hydrogen-bond donors (Lipinski definition) is 2. The Morgan fingerprint density at radius 2 is 2.41 bits per heavy atom. The van der Waals surface area contributed by atoms with E-state index in [1.165, 1.54) is 6.07 Å². The minimum Gasteiger partial charge on any atom is -0.369 e. The molecule has 1 aliphatic heterocycles. The average molecular weight is 346 g/mol. The van der Waals surface area contributed by atoms with Crippen molar-refractivity contribution in [2.75, 3.05) is 30.0 Å². The van der Waals surface area contributed by atoms with Gasteiger partial charge in [0.05, 0.1) is 11.1 Å². The average Bonchev–Trinajstić information content (AvgIpc) is 2.96. The predicted octanol–water partition coefficient (Wildman–Crippen LogP) is 2.25. The molecule has 3 N–H and O–H groups in total. The van der Waals surface area contributed by atoms with Gasteiger partial charge in [-0.1, -0.05) is 11.6 Å². The van der Waals surface area contributed by atoms with Crippen molar-refractivity contribution >= 4 is 35.0 Å². The van der Waals surface area contributed by atoms with Crippen LogP contribution >= 0.6 is 23.4 Å². The first-order valence-corrected chi connectivity index (χ1v) is 9.03. The summed E-state index contributed by atoms with van der Waals surface area (Å²) in [7, 11) is 0. The van der Waals surface area contributed by atoms with Gasteiger partial charge in [-0.05, 0) is 43.0 Å². The molecule has 0 bridgehead atoms. The Labute approximate surface area is 139 Å². The normalized spacial score (nSPS) is 19.3. The van der Waals surface area contributed by atoms with Crippen LogP contribution in [0.3, 0.4) is 0 Å².